The average molecular weight is 427 g/mol. The molecule has 0 spiro atoms. The molecule has 1 saturated heterocycles. The molecule has 0 unspecified atom stereocenters. The molecule has 1 amide bonds. The van der Waals surface area contributed by atoms with Crippen LogP contribution in [-0.2, 0) is 17.9 Å². The molecule has 8 nitrogen and oxygen atoms in total. The summed E-state index contributed by atoms with van der Waals surface area (Å²) in [5.74, 6) is 0.264. The maximum absolute atomic E-state index is 13.7. The number of halogens is 1. The largest absolute Gasteiger partial charge is 0.360 e. The van der Waals surface area contributed by atoms with Gasteiger partial charge in [0, 0.05) is 25.6 Å². The minimum atomic E-state index is -0.273. The van der Waals surface area contributed by atoms with Gasteiger partial charge < -0.3 is 9.84 Å². The summed E-state index contributed by atoms with van der Waals surface area (Å²) in [4.78, 5) is 27.2. The Labute approximate surface area is 179 Å². The van der Waals surface area contributed by atoms with Gasteiger partial charge in [-0.25, -0.2) is 9.07 Å². The van der Waals surface area contributed by atoms with Crippen molar-refractivity contribution in [2.45, 2.75) is 39.8 Å². The number of nitrogens with one attached hydrogen (secondary N) is 1. The molecular weight excluding hydrogens is 401 g/mol. The van der Waals surface area contributed by atoms with Crippen molar-refractivity contribution >= 4 is 16.8 Å². The Bertz CT molecular complexity index is 1150. The minimum Gasteiger partial charge on any atom is -0.360 e. The Morgan fingerprint density at radius 2 is 2.00 bits per heavy atom. The number of aromatic nitrogens is 3. The van der Waals surface area contributed by atoms with Crippen LogP contribution in [0.25, 0.3) is 10.9 Å². The molecule has 1 fully saturated rings. The van der Waals surface area contributed by atoms with E-state index < -0.39 is 0 Å². The number of nitrogens with zero attached hydrogens (tertiary/aromatic N) is 4. The second-order valence-corrected chi connectivity index (χ2v) is 8.02. The van der Waals surface area contributed by atoms with E-state index in [9.17, 15) is 14.0 Å². The molecule has 2 aromatic heterocycles. The third-order valence-electron chi connectivity index (χ3n) is 5.88. The van der Waals surface area contributed by atoms with Crippen molar-refractivity contribution in [1.82, 2.24) is 25.2 Å². The van der Waals surface area contributed by atoms with Crippen LogP contribution < -0.4 is 10.9 Å². The van der Waals surface area contributed by atoms with Gasteiger partial charge >= 0.3 is 0 Å². The lowest BCUT2D eigenvalue weighted by Gasteiger charge is -2.31. The number of hydrogen-bond donors (Lipinski definition) is 1. The number of amides is 1. The summed E-state index contributed by atoms with van der Waals surface area (Å²) in [5.41, 5.74) is 1.34. The zero-order valence-corrected chi connectivity index (χ0v) is 17.7. The van der Waals surface area contributed by atoms with Crippen molar-refractivity contribution in [2.24, 2.45) is 5.92 Å². The Morgan fingerprint density at radius 3 is 2.74 bits per heavy atom. The van der Waals surface area contributed by atoms with Crippen molar-refractivity contribution in [1.29, 1.82) is 0 Å². The predicted octanol–water partition coefficient (Wildman–Crippen LogP) is 2.17. The number of fused-ring (bicyclic) bond motifs is 1. The number of likely N-dealkylation sites (tertiary alicyclic amines) is 1. The van der Waals surface area contributed by atoms with E-state index in [1.165, 1.54) is 10.7 Å². The van der Waals surface area contributed by atoms with Crippen molar-refractivity contribution in [2.75, 3.05) is 19.6 Å². The normalized spacial score (nSPS) is 15.5. The molecule has 0 bridgehead atoms. The number of rotatable bonds is 6. The quantitative estimate of drug-likeness (QED) is 0.648. The molecule has 3 heterocycles. The molecule has 9 heteroatoms. The van der Waals surface area contributed by atoms with E-state index in [2.05, 4.69) is 20.5 Å². The molecule has 31 heavy (non-hydrogen) atoms. The smallest absolute Gasteiger partial charge is 0.298 e. The first-order valence-electron chi connectivity index (χ1n) is 10.5. The predicted molar refractivity (Wildman–Crippen MR) is 113 cm³/mol. The van der Waals surface area contributed by atoms with Gasteiger partial charge in [-0.3, -0.25) is 14.5 Å². The minimum absolute atomic E-state index is 0.00150. The van der Waals surface area contributed by atoms with Crippen LogP contribution in [0.3, 0.4) is 0 Å². The lowest BCUT2D eigenvalue weighted by Crippen LogP contribution is -2.43. The van der Waals surface area contributed by atoms with Crippen molar-refractivity contribution in [3.63, 3.8) is 0 Å². The monoisotopic (exact) mass is 427 g/mol. The van der Waals surface area contributed by atoms with Gasteiger partial charge in [0.15, 0.2) is 5.52 Å². The van der Waals surface area contributed by atoms with Crippen LogP contribution in [0.1, 0.15) is 29.9 Å². The number of aryl methyl sites for hydroxylation is 2. The second-order valence-electron chi connectivity index (χ2n) is 8.02. The zero-order valence-electron chi connectivity index (χ0n) is 17.7. The maximum Gasteiger partial charge on any atom is 0.298 e. The van der Waals surface area contributed by atoms with E-state index in [1.807, 2.05) is 6.92 Å². The summed E-state index contributed by atoms with van der Waals surface area (Å²) >= 11 is 0. The number of carbonyl (C=O) groups is 1. The Morgan fingerprint density at radius 1 is 1.26 bits per heavy atom. The van der Waals surface area contributed by atoms with E-state index >= 15 is 0 Å². The standard InChI is InChI=1S/C22H26FN5O3/c1-14-19-15(2)31-26-20(19)22(30)28(25-14)13-27-11-8-17(9-12-27)21(29)24-10-7-16-5-3-4-6-18(16)23/h3-6,17H,7-13H2,1-2H3,(H,24,29). The van der Waals surface area contributed by atoms with Gasteiger partial charge in [-0.15, -0.1) is 0 Å². The summed E-state index contributed by atoms with van der Waals surface area (Å²) in [5, 5.41) is 11.9. The lowest BCUT2D eigenvalue weighted by atomic mass is 9.96. The van der Waals surface area contributed by atoms with E-state index in [1.54, 1.807) is 25.1 Å². The molecule has 1 aliphatic rings. The van der Waals surface area contributed by atoms with Crippen LogP contribution in [0, 0.1) is 25.6 Å². The fraction of sp³-hybridized carbons (Fsp3) is 0.455. The highest BCUT2D eigenvalue weighted by Crippen LogP contribution is 2.19. The van der Waals surface area contributed by atoms with E-state index in [0.29, 0.717) is 73.5 Å². The molecule has 1 aromatic carbocycles. The SMILES string of the molecule is Cc1nn(CN2CCC(C(=O)NCCc3ccccc3F)CC2)c(=O)c2noc(C)c12. The van der Waals surface area contributed by atoms with Gasteiger partial charge in [0.2, 0.25) is 5.91 Å². The number of hydrogen-bond acceptors (Lipinski definition) is 6. The molecule has 1 N–H and O–H groups in total. The molecule has 0 atom stereocenters. The molecule has 0 aliphatic carbocycles. The first-order chi connectivity index (χ1) is 14.9. The first kappa shape index (κ1) is 21.2. The van der Waals surface area contributed by atoms with E-state index in [-0.39, 0.29) is 23.2 Å². The van der Waals surface area contributed by atoms with E-state index in [4.69, 9.17) is 4.52 Å². The summed E-state index contributed by atoms with van der Waals surface area (Å²) in [6.45, 7) is 5.74. The molecule has 3 aromatic rings. The van der Waals surface area contributed by atoms with Crippen LogP contribution >= 0.6 is 0 Å². The highest BCUT2D eigenvalue weighted by atomic mass is 19.1. The molecule has 0 radical (unpaired) electrons. The highest BCUT2D eigenvalue weighted by Gasteiger charge is 2.26. The van der Waals surface area contributed by atoms with Crippen LogP contribution in [0.5, 0.6) is 0 Å². The number of carbonyl (C=O) groups excluding carboxylic acids is 1. The molecular formula is C22H26FN5O3. The zero-order chi connectivity index (χ0) is 22.0. The fourth-order valence-electron chi connectivity index (χ4n) is 4.13. The second kappa shape index (κ2) is 8.97. The maximum atomic E-state index is 13.7. The third-order valence-corrected chi connectivity index (χ3v) is 5.88. The van der Waals surface area contributed by atoms with Crippen LogP contribution in [-0.4, -0.2) is 45.4 Å². The average Bonchev–Trinajstić information content (AvgIpc) is 3.16. The summed E-state index contributed by atoms with van der Waals surface area (Å²) in [6.07, 6.45) is 1.87. The topological polar surface area (TPSA) is 93.3 Å². The first-order valence-corrected chi connectivity index (χ1v) is 10.5. The van der Waals surface area contributed by atoms with Gasteiger partial charge in [-0.1, -0.05) is 23.4 Å². The third kappa shape index (κ3) is 4.51. The van der Waals surface area contributed by atoms with Crippen LogP contribution in [0.4, 0.5) is 4.39 Å². The Hall–Kier alpha value is -3.07. The van der Waals surface area contributed by atoms with Crippen molar-refractivity contribution in [3.8, 4) is 0 Å². The summed E-state index contributed by atoms with van der Waals surface area (Å²) < 4.78 is 20.2. The fourth-order valence-corrected chi connectivity index (χ4v) is 4.13. The molecule has 164 valence electrons. The van der Waals surface area contributed by atoms with Gasteiger partial charge in [-0.05, 0) is 44.7 Å². The van der Waals surface area contributed by atoms with Crippen LogP contribution in [0.15, 0.2) is 33.6 Å². The number of piperidine rings is 1. The van der Waals surface area contributed by atoms with Gasteiger partial charge in [0.25, 0.3) is 5.56 Å². The summed E-state index contributed by atoms with van der Waals surface area (Å²) in [7, 11) is 0. The Kier molecular flexibility index (Phi) is 6.13. The van der Waals surface area contributed by atoms with Gasteiger partial charge in [-0.2, -0.15) is 5.10 Å². The van der Waals surface area contributed by atoms with E-state index in [0.717, 1.165) is 0 Å². The van der Waals surface area contributed by atoms with Crippen molar-refractivity contribution in [3.05, 3.63) is 57.5 Å². The number of benzene rings is 1. The van der Waals surface area contributed by atoms with Gasteiger partial charge in [0.05, 0.1) is 17.7 Å². The van der Waals surface area contributed by atoms with Gasteiger partial charge in [0.1, 0.15) is 11.6 Å². The van der Waals surface area contributed by atoms with Crippen LogP contribution in [0.2, 0.25) is 0 Å². The Balaban J connectivity index is 1.29. The lowest BCUT2D eigenvalue weighted by molar-refractivity contribution is -0.126. The molecule has 1 aliphatic heterocycles. The highest BCUT2D eigenvalue weighted by molar-refractivity contribution is 5.81. The molecule has 0 saturated carbocycles. The molecule has 4 rings (SSSR count). The van der Waals surface area contributed by atoms with Crippen molar-refractivity contribution < 1.29 is 13.7 Å². The summed E-state index contributed by atoms with van der Waals surface area (Å²) in [6, 6.07) is 6.60.